The third kappa shape index (κ3) is 1.31. The van der Waals surface area contributed by atoms with Crippen LogP contribution in [0.1, 0.15) is 0 Å². The van der Waals surface area contributed by atoms with E-state index in [4.69, 9.17) is 11.6 Å². The minimum Gasteiger partial charge on any atom is -0.339 e. The average Bonchev–Trinajstić information content (AvgIpc) is 2.58. The molecule has 5 heteroatoms. The van der Waals surface area contributed by atoms with Gasteiger partial charge in [0.15, 0.2) is 0 Å². The summed E-state index contributed by atoms with van der Waals surface area (Å²) in [7, 11) is 0. The Morgan fingerprint density at radius 2 is 2.33 bits per heavy atom. The first kappa shape index (κ1) is 7.64. The van der Waals surface area contributed by atoms with Crippen molar-refractivity contribution in [1.82, 2.24) is 5.16 Å². The van der Waals surface area contributed by atoms with E-state index in [9.17, 15) is 4.79 Å². The van der Waals surface area contributed by atoms with Crippen LogP contribution in [0.4, 0.5) is 0 Å². The van der Waals surface area contributed by atoms with E-state index in [0.29, 0.717) is 10.0 Å². The van der Waals surface area contributed by atoms with Gasteiger partial charge in [0.2, 0.25) is 0 Å². The smallest absolute Gasteiger partial charge is 0.339 e. The Morgan fingerprint density at radius 1 is 1.50 bits per heavy atom. The highest BCUT2D eigenvalue weighted by molar-refractivity contribution is 7.19. The highest BCUT2D eigenvalue weighted by Crippen LogP contribution is 2.28. The Morgan fingerprint density at radius 3 is 2.83 bits per heavy atom. The quantitative estimate of drug-likeness (QED) is 0.770. The van der Waals surface area contributed by atoms with Crippen LogP contribution in [0, 0.1) is 0 Å². The number of thiophene rings is 1. The number of hydrogen-bond acceptors (Lipinski definition) is 3. The van der Waals surface area contributed by atoms with Gasteiger partial charge in [-0.2, -0.15) is 0 Å². The summed E-state index contributed by atoms with van der Waals surface area (Å²) >= 11 is 7.10. The molecule has 2 aromatic rings. The standard InChI is InChI=1S/C7H4ClNO2S/c8-6-2-1-5(12-6)4-3-7(10)11-9-4/h1-3,9H. The van der Waals surface area contributed by atoms with E-state index in [0.717, 1.165) is 4.88 Å². The first-order valence-corrected chi connectivity index (χ1v) is 4.39. The fraction of sp³-hybridized carbons (Fsp3) is 0. The molecule has 3 nitrogen and oxygen atoms in total. The molecular formula is C7H4ClNO2S. The molecule has 12 heavy (non-hydrogen) atoms. The van der Waals surface area contributed by atoms with E-state index in [1.165, 1.54) is 17.4 Å². The van der Waals surface area contributed by atoms with Gasteiger partial charge in [0.05, 0.1) is 21.0 Å². The summed E-state index contributed by atoms with van der Waals surface area (Å²) in [4.78, 5) is 11.5. The first-order chi connectivity index (χ1) is 5.75. The highest BCUT2D eigenvalue weighted by Gasteiger charge is 2.04. The van der Waals surface area contributed by atoms with Gasteiger partial charge in [-0.25, -0.2) is 9.95 Å². The van der Waals surface area contributed by atoms with Crippen molar-refractivity contribution in [2.75, 3.05) is 0 Å². The van der Waals surface area contributed by atoms with Crippen LogP contribution >= 0.6 is 22.9 Å². The molecule has 2 heterocycles. The van der Waals surface area contributed by atoms with Crippen LogP contribution in [0.15, 0.2) is 27.5 Å². The highest BCUT2D eigenvalue weighted by atomic mass is 35.5. The van der Waals surface area contributed by atoms with Gasteiger partial charge >= 0.3 is 5.63 Å². The summed E-state index contributed by atoms with van der Waals surface area (Å²) in [6.07, 6.45) is 0. The van der Waals surface area contributed by atoms with Crippen molar-refractivity contribution in [2.24, 2.45) is 0 Å². The average molecular weight is 202 g/mol. The lowest BCUT2D eigenvalue weighted by molar-refractivity contribution is 0.394. The molecular weight excluding hydrogens is 198 g/mol. The molecule has 0 fully saturated rings. The van der Waals surface area contributed by atoms with E-state index in [-0.39, 0.29) is 5.63 Å². The topological polar surface area (TPSA) is 46.0 Å². The second-order valence-corrected chi connectivity index (χ2v) is 3.90. The van der Waals surface area contributed by atoms with Gasteiger partial charge in [-0.15, -0.1) is 11.3 Å². The Balaban J connectivity index is 2.50. The van der Waals surface area contributed by atoms with Crippen LogP contribution < -0.4 is 5.63 Å². The van der Waals surface area contributed by atoms with Crippen LogP contribution in [0.3, 0.4) is 0 Å². The molecule has 0 saturated carbocycles. The fourth-order valence-electron chi connectivity index (χ4n) is 0.863. The van der Waals surface area contributed by atoms with Gasteiger partial charge in [-0.05, 0) is 12.1 Å². The van der Waals surface area contributed by atoms with Crippen molar-refractivity contribution in [3.8, 4) is 10.6 Å². The molecule has 0 radical (unpaired) electrons. The van der Waals surface area contributed by atoms with Crippen LogP contribution in [0.25, 0.3) is 10.6 Å². The molecule has 0 aliphatic carbocycles. The number of halogens is 1. The van der Waals surface area contributed by atoms with E-state index < -0.39 is 0 Å². The molecule has 1 N–H and O–H groups in total. The minimum absolute atomic E-state index is 0.380. The van der Waals surface area contributed by atoms with Crippen molar-refractivity contribution in [1.29, 1.82) is 0 Å². The fourth-order valence-corrected chi connectivity index (χ4v) is 1.87. The van der Waals surface area contributed by atoms with E-state index >= 15 is 0 Å². The minimum atomic E-state index is -0.380. The predicted molar refractivity (Wildman–Crippen MR) is 47.7 cm³/mol. The normalized spacial score (nSPS) is 10.4. The lowest BCUT2D eigenvalue weighted by Crippen LogP contribution is -1.84. The zero-order chi connectivity index (χ0) is 8.55. The molecule has 0 aromatic carbocycles. The summed E-state index contributed by atoms with van der Waals surface area (Å²) in [6, 6.07) is 4.99. The Hall–Kier alpha value is -1.00. The Bertz CT molecular complexity index is 442. The van der Waals surface area contributed by atoms with E-state index in [1.54, 1.807) is 6.07 Å². The number of aromatic nitrogens is 1. The molecule has 2 aromatic heterocycles. The van der Waals surface area contributed by atoms with Crippen LogP contribution in [0.2, 0.25) is 4.34 Å². The molecule has 0 atom stereocenters. The number of rotatable bonds is 1. The summed E-state index contributed by atoms with van der Waals surface area (Å²) in [5.41, 5.74) is 0.284. The third-order valence-electron chi connectivity index (χ3n) is 1.36. The summed E-state index contributed by atoms with van der Waals surface area (Å²) in [6.45, 7) is 0. The SMILES string of the molecule is O=c1cc(-c2ccc(Cl)s2)[nH]o1. The third-order valence-corrected chi connectivity index (χ3v) is 2.63. The van der Waals surface area contributed by atoms with Gasteiger partial charge in [-0.3, -0.25) is 0 Å². The van der Waals surface area contributed by atoms with Crippen LogP contribution in [0.5, 0.6) is 0 Å². The zero-order valence-electron chi connectivity index (χ0n) is 5.83. The summed E-state index contributed by atoms with van der Waals surface area (Å²) < 4.78 is 5.20. The lowest BCUT2D eigenvalue weighted by atomic mass is 10.3. The lowest BCUT2D eigenvalue weighted by Gasteiger charge is -1.84. The van der Waals surface area contributed by atoms with Gasteiger partial charge in [0.1, 0.15) is 0 Å². The van der Waals surface area contributed by atoms with Crippen molar-refractivity contribution in [3.05, 3.63) is 33.0 Å². The molecule has 0 amide bonds. The largest absolute Gasteiger partial charge is 0.357 e. The molecule has 2 rings (SSSR count). The van der Waals surface area contributed by atoms with Crippen molar-refractivity contribution in [2.45, 2.75) is 0 Å². The van der Waals surface area contributed by atoms with Crippen molar-refractivity contribution < 1.29 is 4.52 Å². The van der Waals surface area contributed by atoms with Gasteiger partial charge in [0, 0.05) is 0 Å². The summed E-state index contributed by atoms with van der Waals surface area (Å²) in [5, 5.41) is 2.50. The van der Waals surface area contributed by atoms with E-state index in [1.807, 2.05) is 6.07 Å². The Kier molecular flexibility index (Phi) is 1.78. The van der Waals surface area contributed by atoms with E-state index in [2.05, 4.69) is 9.68 Å². The molecule has 0 aliphatic heterocycles. The number of aromatic amines is 1. The number of H-pyrrole nitrogens is 1. The van der Waals surface area contributed by atoms with Crippen molar-refractivity contribution >= 4 is 22.9 Å². The first-order valence-electron chi connectivity index (χ1n) is 3.20. The number of nitrogens with one attached hydrogen (secondary N) is 1. The monoisotopic (exact) mass is 201 g/mol. The van der Waals surface area contributed by atoms with Crippen LogP contribution in [-0.4, -0.2) is 5.16 Å². The zero-order valence-corrected chi connectivity index (χ0v) is 7.41. The maximum atomic E-state index is 10.6. The van der Waals surface area contributed by atoms with Gasteiger partial charge in [-0.1, -0.05) is 11.6 Å². The molecule has 0 unspecified atom stereocenters. The maximum Gasteiger partial charge on any atom is 0.357 e. The van der Waals surface area contributed by atoms with Gasteiger partial charge < -0.3 is 4.52 Å². The van der Waals surface area contributed by atoms with Crippen molar-refractivity contribution in [3.63, 3.8) is 0 Å². The van der Waals surface area contributed by atoms with Crippen LogP contribution in [-0.2, 0) is 0 Å². The predicted octanol–water partition coefficient (Wildman–Crippen LogP) is 2.35. The second-order valence-electron chi connectivity index (χ2n) is 2.18. The molecule has 0 aliphatic rings. The number of hydrogen-bond donors (Lipinski definition) is 1. The molecule has 0 saturated heterocycles. The molecule has 0 spiro atoms. The second kappa shape index (κ2) is 2.80. The Labute approximate surface area is 76.6 Å². The molecule has 62 valence electrons. The molecule has 0 bridgehead atoms. The summed E-state index contributed by atoms with van der Waals surface area (Å²) in [5.74, 6) is 0. The maximum absolute atomic E-state index is 10.6. The van der Waals surface area contributed by atoms with Gasteiger partial charge in [0.25, 0.3) is 0 Å².